The number of carbonyl (C=O) groups is 1. The molecule has 1 aromatic rings. The zero-order chi connectivity index (χ0) is 12.0. The number of rotatable bonds is 5. The molecule has 0 bridgehead atoms. The van der Waals surface area contributed by atoms with Crippen LogP contribution in [0.5, 0.6) is 0 Å². The number of nitrogens with two attached hydrogens (primary N) is 1. The number of hydrogen-bond donors (Lipinski definition) is 1. The minimum Gasteiger partial charge on any atom is -0.462 e. The predicted octanol–water partition coefficient (Wildman–Crippen LogP) is 0.653. The molecule has 16 heavy (non-hydrogen) atoms. The van der Waals surface area contributed by atoms with Crippen LogP contribution in [0.1, 0.15) is 17.3 Å². The van der Waals surface area contributed by atoms with E-state index < -0.39 is 0 Å². The van der Waals surface area contributed by atoms with Gasteiger partial charge in [-0.15, -0.1) is 0 Å². The van der Waals surface area contributed by atoms with Crippen LogP contribution in [-0.2, 0) is 4.74 Å². The van der Waals surface area contributed by atoms with Gasteiger partial charge in [0.2, 0.25) is 0 Å². The van der Waals surface area contributed by atoms with Gasteiger partial charge in [-0.2, -0.15) is 0 Å². The molecule has 0 radical (unpaired) electrons. The van der Waals surface area contributed by atoms with Crippen LogP contribution in [0.2, 0.25) is 0 Å². The molecule has 0 saturated heterocycles. The third-order valence-electron chi connectivity index (χ3n) is 2.11. The molecule has 0 aliphatic rings. The quantitative estimate of drug-likeness (QED) is 0.742. The summed E-state index contributed by atoms with van der Waals surface area (Å²) in [7, 11) is 1.90. The second-order valence-corrected chi connectivity index (χ2v) is 3.34. The van der Waals surface area contributed by atoms with Gasteiger partial charge in [-0.25, -0.2) is 9.78 Å². The van der Waals surface area contributed by atoms with Gasteiger partial charge in [-0.3, -0.25) is 0 Å². The Morgan fingerprint density at radius 2 is 2.31 bits per heavy atom. The van der Waals surface area contributed by atoms with E-state index >= 15 is 0 Å². The van der Waals surface area contributed by atoms with Gasteiger partial charge in [0.05, 0.1) is 12.2 Å². The molecule has 0 fully saturated rings. The van der Waals surface area contributed by atoms with E-state index in [2.05, 4.69) is 4.98 Å². The molecule has 0 aliphatic carbocycles. The zero-order valence-corrected chi connectivity index (χ0v) is 9.64. The number of nitrogens with zero attached hydrogens (tertiary/aromatic N) is 2. The molecule has 5 heteroatoms. The summed E-state index contributed by atoms with van der Waals surface area (Å²) in [5, 5.41) is 0. The molecule has 1 rings (SSSR count). The van der Waals surface area contributed by atoms with Crippen molar-refractivity contribution in [2.24, 2.45) is 5.73 Å². The summed E-state index contributed by atoms with van der Waals surface area (Å²) in [6.07, 6.45) is 1.51. The first kappa shape index (κ1) is 12.4. The number of carbonyl (C=O) groups excluding carboxylic acids is 1. The Labute approximate surface area is 95.2 Å². The van der Waals surface area contributed by atoms with Crippen molar-refractivity contribution in [2.75, 3.05) is 31.6 Å². The molecule has 1 heterocycles. The maximum Gasteiger partial charge on any atom is 0.339 e. The molecular weight excluding hydrogens is 206 g/mol. The molecule has 0 aromatic carbocycles. The topological polar surface area (TPSA) is 68.5 Å². The van der Waals surface area contributed by atoms with Gasteiger partial charge < -0.3 is 15.4 Å². The van der Waals surface area contributed by atoms with Gasteiger partial charge in [0.1, 0.15) is 5.82 Å². The summed E-state index contributed by atoms with van der Waals surface area (Å²) in [6, 6.07) is 3.48. The fraction of sp³-hybridized carbons (Fsp3) is 0.455. The van der Waals surface area contributed by atoms with Gasteiger partial charge in [0.15, 0.2) is 0 Å². The fourth-order valence-corrected chi connectivity index (χ4v) is 1.26. The zero-order valence-electron chi connectivity index (χ0n) is 9.64. The number of likely N-dealkylation sites (N-methyl/N-ethyl adjacent to an activating group) is 1. The first-order valence-electron chi connectivity index (χ1n) is 5.23. The highest BCUT2D eigenvalue weighted by Crippen LogP contribution is 2.09. The molecule has 2 N–H and O–H groups in total. The first-order valence-corrected chi connectivity index (χ1v) is 5.23. The lowest BCUT2D eigenvalue weighted by Crippen LogP contribution is -2.25. The highest BCUT2D eigenvalue weighted by molar-refractivity contribution is 5.89. The highest BCUT2D eigenvalue weighted by Gasteiger charge is 2.07. The monoisotopic (exact) mass is 223 g/mol. The minimum absolute atomic E-state index is 0.344. The van der Waals surface area contributed by atoms with Gasteiger partial charge in [-0.1, -0.05) is 0 Å². The average Bonchev–Trinajstić information content (AvgIpc) is 2.30. The van der Waals surface area contributed by atoms with E-state index in [1.807, 2.05) is 11.9 Å². The van der Waals surface area contributed by atoms with E-state index in [9.17, 15) is 4.79 Å². The van der Waals surface area contributed by atoms with Crippen molar-refractivity contribution in [1.82, 2.24) is 4.98 Å². The van der Waals surface area contributed by atoms with E-state index in [4.69, 9.17) is 10.5 Å². The van der Waals surface area contributed by atoms with Crippen LogP contribution in [-0.4, -0.2) is 37.7 Å². The Hall–Kier alpha value is -1.62. The lowest BCUT2D eigenvalue weighted by molar-refractivity contribution is 0.0526. The third-order valence-corrected chi connectivity index (χ3v) is 2.11. The summed E-state index contributed by atoms with van der Waals surface area (Å²) in [6.45, 7) is 3.44. The normalized spacial score (nSPS) is 9.94. The summed E-state index contributed by atoms with van der Waals surface area (Å²) in [4.78, 5) is 17.5. The molecule has 0 unspecified atom stereocenters. The molecule has 0 atom stereocenters. The minimum atomic E-state index is -0.344. The van der Waals surface area contributed by atoms with Crippen molar-refractivity contribution in [1.29, 1.82) is 0 Å². The predicted molar refractivity (Wildman–Crippen MR) is 62.5 cm³/mol. The largest absolute Gasteiger partial charge is 0.462 e. The van der Waals surface area contributed by atoms with E-state index in [1.165, 1.54) is 6.20 Å². The highest BCUT2D eigenvalue weighted by atomic mass is 16.5. The molecule has 0 saturated carbocycles. The first-order chi connectivity index (χ1) is 7.69. The van der Waals surface area contributed by atoms with Crippen molar-refractivity contribution in [3.8, 4) is 0 Å². The van der Waals surface area contributed by atoms with E-state index in [0.717, 1.165) is 12.4 Å². The van der Waals surface area contributed by atoms with Gasteiger partial charge in [0, 0.05) is 26.3 Å². The number of hydrogen-bond acceptors (Lipinski definition) is 5. The SMILES string of the molecule is CCOC(=O)c1ccc(N(C)CCN)nc1. The van der Waals surface area contributed by atoms with Crippen molar-refractivity contribution < 1.29 is 9.53 Å². The van der Waals surface area contributed by atoms with Crippen LogP contribution in [0.15, 0.2) is 18.3 Å². The smallest absolute Gasteiger partial charge is 0.339 e. The third kappa shape index (κ3) is 3.20. The summed E-state index contributed by atoms with van der Waals surface area (Å²) in [5.41, 5.74) is 5.91. The van der Waals surface area contributed by atoms with Crippen molar-refractivity contribution in [3.63, 3.8) is 0 Å². The Bertz CT molecular complexity index is 338. The Morgan fingerprint density at radius 1 is 1.56 bits per heavy atom. The lowest BCUT2D eigenvalue weighted by Gasteiger charge is -2.16. The maximum absolute atomic E-state index is 11.4. The van der Waals surface area contributed by atoms with Gasteiger partial charge >= 0.3 is 5.97 Å². The molecule has 0 aliphatic heterocycles. The number of ether oxygens (including phenoxy) is 1. The Balaban J connectivity index is 2.71. The summed E-state index contributed by atoms with van der Waals surface area (Å²) >= 11 is 0. The Morgan fingerprint density at radius 3 is 2.81 bits per heavy atom. The van der Waals surface area contributed by atoms with Crippen molar-refractivity contribution >= 4 is 11.8 Å². The maximum atomic E-state index is 11.4. The molecule has 5 nitrogen and oxygen atoms in total. The second-order valence-electron chi connectivity index (χ2n) is 3.34. The molecule has 1 aromatic heterocycles. The standard InChI is InChI=1S/C11H17N3O2/c1-3-16-11(15)9-4-5-10(13-8-9)14(2)7-6-12/h4-5,8H,3,6-7,12H2,1-2H3. The summed E-state index contributed by atoms with van der Waals surface area (Å²) in [5.74, 6) is 0.446. The average molecular weight is 223 g/mol. The van der Waals surface area contributed by atoms with E-state index in [0.29, 0.717) is 18.7 Å². The van der Waals surface area contributed by atoms with Crippen molar-refractivity contribution in [2.45, 2.75) is 6.92 Å². The molecule has 88 valence electrons. The van der Waals surface area contributed by atoms with Crippen LogP contribution in [0.4, 0.5) is 5.82 Å². The number of aromatic nitrogens is 1. The van der Waals surface area contributed by atoms with Crippen molar-refractivity contribution in [3.05, 3.63) is 23.9 Å². The number of pyridine rings is 1. The number of esters is 1. The lowest BCUT2D eigenvalue weighted by atomic mass is 10.3. The van der Waals surface area contributed by atoms with E-state index in [1.54, 1.807) is 19.1 Å². The van der Waals surface area contributed by atoms with Crippen LogP contribution < -0.4 is 10.6 Å². The molecule has 0 spiro atoms. The van der Waals surface area contributed by atoms with Crippen LogP contribution in [0.3, 0.4) is 0 Å². The van der Waals surface area contributed by atoms with E-state index in [-0.39, 0.29) is 5.97 Å². The molecule has 0 amide bonds. The molecular formula is C11H17N3O2. The second kappa shape index (κ2) is 6.07. The fourth-order valence-electron chi connectivity index (χ4n) is 1.26. The van der Waals surface area contributed by atoms with Gasteiger partial charge in [0.25, 0.3) is 0 Å². The summed E-state index contributed by atoms with van der Waals surface area (Å²) < 4.78 is 4.86. The van der Waals surface area contributed by atoms with Gasteiger partial charge in [-0.05, 0) is 19.1 Å². The number of anilines is 1. The van der Waals surface area contributed by atoms with Crippen LogP contribution >= 0.6 is 0 Å². The van der Waals surface area contributed by atoms with Crippen LogP contribution in [0, 0.1) is 0 Å². The van der Waals surface area contributed by atoms with Crippen LogP contribution in [0.25, 0.3) is 0 Å². The Kier molecular flexibility index (Phi) is 4.72.